The van der Waals surface area contributed by atoms with Crippen molar-refractivity contribution in [3.8, 4) is 11.5 Å². The number of carbonyl (C=O) groups is 1. The van der Waals surface area contributed by atoms with Crippen LogP contribution in [-0.2, 0) is 4.79 Å². The van der Waals surface area contributed by atoms with Crippen LogP contribution < -0.4 is 14.8 Å². The van der Waals surface area contributed by atoms with E-state index in [0.29, 0.717) is 6.42 Å². The number of allylic oxidation sites excluding steroid dienone is 2. The Hall–Kier alpha value is -4.06. The van der Waals surface area contributed by atoms with E-state index in [1.54, 1.807) is 14.2 Å². The number of benzene rings is 3. The molecule has 1 aliphatic carbocycles. The Balaban J connectivity index is 1.51. The highest BCUT2D eigenvalue weighted by Gasteiger charge is 2.40. The van der Waals surface area contributed by atoms with E-state index in [2.05, 4.69) is 28.1 Å². The fraction of sp³-hybridized carbons (Fsp3) is 0.214. The molecule has 0 saturated carbocycles. The number of para-hydroxylation sites is 3. The molecule has 0 fully saturated rings. The predicted octanol–water partition coefficient (Wildman–Crippen LogP) is 5.47. The number of imidazole rings is 1. The van der Waals surface area contributed by atoms with E-state index in [4.69, 9.17) is 14.5 Å². The summed E-state index contributed by atoms with van der Waals surface area (Å²) in [6.45, 7) is 0. The summed E-state index contributed by atoms with van der Waals surface area (Å²) in [7, 11) is 3.33. The third kappa shape index (κ3) is 3.17. The van der Waals surface area contributed by atoms with Gasteiger partial charge in [-0.15, -0.1) is 0 Å². The van der Waals surface area contributed by atoms with E-state index >= 15 is 0 Å². The normalized spacial score (nSPS) is 19.4. The van der Waals surface area contributed by atoms with Crippen molar-refractivity contribution in [2.75, 3.05) is 19.5 Å². The SMILES string of the molecule is COc1ccc([C@@H]2CC(=O)C3=C(C2)Nc2nc4ccccc4n2[C@H]3c2ccccc2OC)cc1. The maximum absolute atomic E-state index is 13.8. The molecule has 0 radical (unpaired) electrons. The zero-order valence-corrected chi connectivity index (χ0v) is 19.1. The molecule has 0 unspecified atom stereocenters. The Bertz CT molecular complexity index is 1440. The summed E-state index contributed by atoms with van der Waals surface area (Å²) in [5, 5.41) is 3.52. The molecule has 0 spiro atoms. The predicted molar refractivity (Wildman–Crippen MR) is 131 cm³/mol. The lowest BCUT2D eigenvalue weighted by molar-refractivity contribution is -0.116. The van der Waals surface area contributed by atoms with Gasteiger partial charge in [0, 0.05) is 23.3 Å². The number of nitrogens with one attached hydrogen (secondary N) is 1. The Morgan fingerprint density at radius 3 is 2.47 bits per heavy atom. The van der Waals surface area contributed by atoms with Crippen molar-refractivity contribution in [1.29, 1.82) is 0 Å². The highest BCUT2D eigenvalue weighted by atomic mass is 16.5. The van der Waals surface area contributed by atoms with Gasteiger partial charge >= 0.3 is 0 Å². The summed E-state index contributed by atoms with van der Waals surface area (Å²) in [5.41, 5.74) is 5.71. The summed E-state index contributed by atoms with van der Waals surface area (Å²) in [4.78, 5) is 18.7. The van der Waals surface area contributed by atoms with Crippen LogP contribution in [0.15, 0.2) is 84.1 Å². The summed E-state index contributed by atoms with van der Waals surface area (Å²) in [6, 6.07) is 23.7. The van der Waals surface area contributed by atoms with E-state index in [1.165, 1.54) is 0 Å². The number of anilines is 1. The zero-order chi connectivity index (χ0) is 23.2. The van der Waals surface area contributed by atoms with Gasteiger partial charge in [0.25, 0.3) is 0 Å². The van der Waals surface area contributed by atoms with Crippen LogP contribution >= 0.6 is 0 Å². The second-order valence-electron chi connectivity index (χ2n) is 8.76. The van der Waals surface area contributed by atoms with Crippen molar-refractivity contribution < 1.29 is 14.3 Å². The lowest BCUT2D eigenvalue weighted by Gasteiger charge is -2.36. The van der Waals surface area contributed by atoms with E-state index in [1.807, 2.05) is 54.6 Å². The molecule has 6 rings (SSSR count). The number of carbonyl (C=O) groups excluding carboxylic acids is 1. The Kier molecular flexibility index (Phi) is 4.87. The maximum Gasteiger partial charge on any atom is 0.209 e. The summed E-state index contributed by atoms with van der Waals surface area (Å²) in [5.74, 6) is 2.56. The van der Waals surface area contributed by atoms with Crippen molar-refractivity contribution in [3.63, 3.8) is 0 Å². The van der Waals surface area contributed by atoms with Crippen LogP contribution in [0.3, 0.4) is 0 Å². The first-order chi connectivity index (χ1) is 16.7. The topological polar surface area (TPSA) is 65.4 Å². The molecule has 6 nitrogen and oxygen atoms in total. The molecule has 2 heterocycles. The Labute approximate surface area is 197 Å². The quantitative estimate of drug-likeness (QED) is 0.446. The number of hydrogen-bond donors (Lipinski definition) is 1. The standard InChI is InChI=1S/C28H25N3O3/c1-33-19-13-11-17(12-14-19)18-15-22-26(24(32)16-18)27(20-7-3-6-10-25(20)34-2)31-23-9-5-4-8-21(23)29-28(31)30-22/h3-14,18,27H,15-16H2,1-2H3,(H,29,30)/t18-,27-/m0/s1. The third-order valence-corrected chi connectivity index (χ3v) is 6.92. The van der Waals surface area contributed by atoms with Crippen LogP contribution in [0.1, 0.15) is 35.9 Å². The lowest BCUT2D eigenvalue weighted by atomic mass is 9.77. The van der Waals surface area contributed by atoms with Gasteiger partial charge in [0.2, 0.25) is 5.95 Å². The summed E-state index contributed by atoms with van der Waals surface area (Å²) in [6.07, 6.45) is 1.20. The van der Waals surface area contributed by atoms with Gasteiger partial charge in [-0.1, -0.05) is 42.5 Å². The molecular formula is C28H25N3O3. The number of nitrogens with zero attached hydrogens (tertiary/aromatic N) is 2. The number of methoxy groups -OCH3 is 2. The van der Waals surface area contributed by atoms with E-state index < -0.39 is 0 Å². The first-order valence-corrected chi connectivity index (χ1v) is 11.4. The number of fused-ring (bicyclic) bond motifs is 3. The van der Waals surface area contributed by atoms with Crippen LogP contribution in [0, 0.1) is 0 Å². The fourth-order valence-electron chi connectivity index (χ4n) is 5.32. The van der Waals surface area contributed by atoms with Gasteiger partial charge in [-0.2, -0.15) is 0 Å². The van der Waals surface area contributed by atoms with E-state index in [-0.39, 0.29) is 17.7 Å². The number of aromatic nitrogens is 2. The van der Waals surface area contributed by atoms with Gasteiger partial charge in [0.1, 0.15) is 11.5 Å². The molecule has 1 aromatic heterocycles. The van der Waals surface area contributed by atoms with Gasteiger partial charge in [0.15, 0.2) is 5.78 Å². The molecule has 4 aromatic rings. The molecule has 34 heavy (non-hydrogen) atoms. The van der Waals surface area contributed by atoms with Crippen LogP contribution in [-0.4, -0.2) is 29.6 Å². The number of rotatable bonds is 4. The Morgan fingerprint density at radius 2 is 1.68 bits per heavy atom. The summed E-state index contributed by atoms with van der Waals surface area (Å²) >= 11 is 0. The molecule has 0 amide bonds. The highest BCUT2D eigenvalue weighted by molar-refractivity contribution is 6.01. The smallest absolute Gasteiger partial charge is 0.209 e. The van der Waals surface area contributed by atoms with Crippen LogP contribution in [0.2, 0.25) is 0 Å². The van der Waals surface area contributed by atoms with Crippen molar-refractivity contribution >= 4 is 22.8 Å². The third-order valence-electron chi connectivity index (χ3n) is 6.92. The van der Waals surface area contributed by atoms with E-state index in [0.717, 1.165) is 57.3 Å². The second kappa shape index (κ2) is 8.06. The molecule has 170 valence electrons. The minimum absolute atomic E-state index is 0.0962. The highest BCUT2D eigenvalue weighted by Crippen LogP contribution is 2.47. The number of hydrogen-bond acceptors (Lipinski definition) is 5. The van der Waals surface area contributed by atoms with Crippen molar-refractivity contribution in [3.05, 3.63) is 95.2 Å². The lowest BCUT2D eigenvalue weighted by Crippen LogP contribution is -2.33. The first-order valence-electron chi connectivity index (χ1n) is 11.4. The molecule has 1 N–H and O–H groups in total. The molecule has 0 bridgehead atoms. The Morgan fingerprint density at radius 1 is 0.912 bits per heavy atom. The summed E-state index contributed by atoms with van der Waals surface area (Å²) < 4.78 is 13.2. The van der Waals surface area contributed by atoms with Crippen LogP contribution in [0.5, 0.6) is 11.5 Å². The van der Waals surface area contributed by atoms with Crippen molar-refractivity contribution in [2.24, 2.45) is 0 Å². The van der Waals surface area contributed by atoms with Gasteiger partial charge in [-0.05, 0) is 48.2 Å². The van der Waals surface area contributed by atoms with Crippen LogP contribution in [0.25, 0.3) is 11.0 Å². The minimum Gasteiger partial charge on any atom is -0.497 e. The zero-order valence-electron chi connectivity index (χ0n) is 19.1. The fourth-order valence-corrected chi connectivity index (χ4v) is 5.32. The van der Waals surface area contributed by atoms with Crippen molar-refractivity contribution in [2.45, 2.75) is 24.8 Å². The number of ketones is 1. The average molecular weight is 452 g/mol. The second-order valence-corrected chi connectivity index (χ2v) is 8.76. The van der Waals surface area contributed by atoms with Gasteiger partial charge < -0.3 is 14.8 Å². The van der Waals surface area contributed by atoms with E-state index in [9.17, 15) is 4.79 Å². The largest absolute Gasteiger partial charge is 0.497 e. The van der Waals surface area contributed by atoms with Gasteiger partial charge in [-0.25, -0.2) is 4.98 Å². The number of Topliss-reactive ketones (excluding diaryl/α,β-unsaturated/α-hetero) is 1. The minimum atomic E-state index is -0.306. The molecular weight excluding hydrogens is 426 g/mol. The average Bonchev–Trinajstić information content (AvgIpc) is 3.25. The van der Waals surface area contributed by atoms with Gasteiger partial charge in [-0.3, -0.25) is 9.36 Å². The van der Waals surface area contributed by atoms with Crippen molar-refractivity contribution in [1.82, 2.24) is 9.55 Å². The number of ether oxygens (including phenoxy) is 2. The maximum atomic E-state index is 13.8. The molecule has 1 aliphatic heterocycles. The molecule has 2 atom stereocenters. The molecule has 0 saturated heterocycles. The first kappa shape index (κ1) is 20.5. The van der Waals surface area contributed by atoms with Crippen LogP contribution in [0.4, 0.5) is 5.95 Å². The van der Waals surface area contributed by atoms with Gasteiger partial charge in [0.05, 0.1) is 31.3 Å². The molecule has 3 aromatic carbocycles. The molecule has 6 heteroatoms. The monoisotopic (exact) mass is 451 g/mol. The molecule has 2 aliphatic rings.